The van der Waals surface area contributed by atoms with Gasteiger partial charge in [0.15, 0.2) is 0 Å². The second-order valence-corrected chi connectivity index (χ2v) is 5.23. The van der Waals surface area contributed by atoms with Gasteiger partial charge >= 0.3 is 0 Å². The van der Waals surface area contributed by atoms with Gasteiger partial charge in [0.05, 0.1) is 5.56 Å². The number of hydrogen-bond acceptors (Lipinski definition) is 3. The second-order valence-electron chi connectivity index (χ2n) is 4.25. The minimum atomic E-state index is -0.418. The summed E-state index contributed by atoms with van der Waals surface area (Å²) in [5, 5.41) is 14.2. The zero-order chi connectivity index (χ0) is 13.7. The Hall–Kier alpha value is -1.70. The second kappa shape index (κ2) is 6.46. The van der Waals surface area contributed by atoms with Crippen LogP contribution in [0.3, 0.4) is 0 Å². The molecule has 0 saturated carbocycles. The number of rotatable bonds is 5. The summed E-state index contributed by atoms with van der Waals surface area (Å²) in [6.45, 7) is 2.53. The minimum absolute atomic E-state index is 0.100. The fourth-order valence-electron chi connectivity index (χ4n) is 1.97. The molecule has 0 bridgehead atoms. The Morgan fingerprint density at radius 3 is 2.84 bits per heavy atom. The van der Waals surface area contributed by atoms with E-state index in [2.05, 4.69) is 18.3 Å². The summed E-state index contributed by atoms with van der Waals surface area (Å²) >= 11 is 1.69. The van der Waals surface area contributed by atoms with Crippen molar-refractivity contribution in [2.24, 2.45) is 0 Å². The predicted molar refractivity (Wildman–Crippen MR) is 75.3 cm³/mol. The van der Waals surface area contributed by atoms with E-state index in [4.69, 9.17) is 5.26 Å². The van der Waals surface area contributed by atoms with Crippen molar-refractivity contribution < 1.29 is 4.39 Å². The largest absolute Gasteiger partial charge is 0.305 e. The van der Waals surface area contributed by atoms with Crippen molar-refractivity contribution in [3.8, 4) is 6.07 Å². The molecule has 0 spiro atoms. The Morgan fingerprint density at radius 1 is 1.37 bits per heavy atom. The topological polar surface area (TPSA) is 35.8 Å². The molecule has 2 nitrogen and oxygen atoms in total. The summed E-state index contributed by atoms with van der Waals surface area (Å²) in [7, 11) is 0. The monoisotopic (exact) mass is 274 g/mol. The number of halogens is 1. The Kier molecular flexibility index (Phi) is 4.67. The predicted octanol–water partition coefficient (Wildman–Crippen LogP) is 4.00. The van der Waals surface area contributed by atoms with Gasteiger partial charge in [0, 0.05) is 23.0 Å². The van der Waals surface area contributed by atoms with Crippen molar-refractivity contribution in [3.63, 3.8) is 0 Å². The summed E-state index contributed by atoms with van der Waals surface area (Å²) in [5.41, 5.74) is 0.637. The Balaban J connectivity index is 2.08. The molecule has 19 heavy (non-hydrogen) atoms. The molecule has 4 heteroatoms. The summed E-state index contributed by atoms with van der Waals surface area (Å²) in [6.07, 6.45) is 0.945. The van der Waals surface area contributed by atoms with Crippen molar-refractivity contribution in [2.75, 3.05) is 0 Å². The molecule has 0 radical (unpaired) electrons. The molecule has 0 aliphatic heterocycles. The van der Waals surface area contributed by atoms with Gasteiger partial charge in [-0.25, -0.2) is 4.39 Å². The van der Waals surface area contributed by atoms with Crippen LogP contribution in [-0.2, 0) is 6.54 Å². The number of benzene rings is 1. The first kappa shape index (κ1) is 13.7. The molecule has 0 amide bonds. The third-order valence-corrected chi connectivity index (χ3v) is 4.02. The molecule has 1 unspecified atom stereocenters. The van der Waals surface area contributed by atoms with Crippen LogP contribution in [0.15, 0.2) is 35.7 Å². The van der Waals surface area contributed by atoms with Gasteiger partial charge in [-0.3, -0.25) is 0 Å². The van der Waals surface area contributed by atoms with Crippen molar-refractivity contribution in [3.05, 3.63) is 57.5 Å². The lowest BCUT2D eigenvalue weighted by molar-refractivity contribution is 0.509. The standard InChI is InChI=1S/C15H15FN2S/c1-2-13(14-7-4-8-19-14)18-10-12-6-3-5-11(9-17)15(12)16/h3-8,13,18H,2,10H2,1H3. The van der Waals surface area contributed by atoms with Crippen LogP contribution in [0.1, 0.15) is 35.4 Å². The number of hydrogen-bond donors (Lipinski definition) is 1. The molecule has 2 rings (SSSR count). The van der Waals surface area contributed by atoms with Gasteiger partial charge in [0.2, 0.25) is 0 Å². The van der Waals surface area contributed by atoms with Crippen molar-refractivity contribution in [1.82, 2.24) is 5.32 Å². The molecule has 1 atom stereocenters. The van der Waals surface area contributed by atoms with E-state index in [1.807, 2.05) is 17.5 Å². The van der Waals surface area contributed by atoms with Gasteiger partial charge in [-0.05, 0) is 23.9 Å². The Bertz CT molecular complexity index is 572. The zero-order valence-corrected chi connectivity index (χ0v) is 11.5. The molecule has 0 fully saturated rings. The van der Waals surface area contributed by atoms with Crippen LogP contribution in [0.25, 0.3) is 0 Å². The van der Waals surface area contributed by atoms with Crippen LogP contribution in [0, 0.1) is 17.1 Å². The van der Waals surface area contributed by atoms with Crippen molar-refractivity contribution in [2.45, 2.75) is 25.9 Å². The molecule has 98 valence electrons. The van der Waals surface area contributed by atoms with E-state index < -0.39 is 5.82 Å². The van der Waals surface area contributed by atoms with Crippen LogP contribution in [0.4, 0.5) is 4.39 Å². The maximum absolute atomic E-state index is 13.9. The van der Waals surface area contributed by atoms with E-state index in [0.29, 0.717) is 12.1 Å². The minimum Gasteiger partial charge on any atom is -0.305 e. The molecule has 2 aromatic rings. The van der Waals surface area contributed by atoms with Crippen LogP contribution < -0.4 is 5.32 Å². The average Bonchev–Trinajstić information content (AvgIpc) is 2.95. The van der Waals surface area contributed by atoms with Crippen LogP contribution in [-0.4, -0.2) is 0 Å². The third-order valence-electron chi connectivity index (χ3n) is 3.03. The molecule has 1 heterocycles. The lowest BCUT2D eigenvalue weighted by Gasteiger charge is -2.16. The fraction of sp³-hybridized carbons (Fsp3) is 0.267. The number of nitrogens with zero attached hydrogens (tertiary/aromatic N) is 1. The SMILES string of the molecule is CCC(NCc1cccc(C#N)c1F)c1cccs1. The summed E-state index contributed by atoms with van der Waals surface area (Å²) < 4.78 is 13.9. The van der Waals surface area contributed by atoms with Gasteiger partial charge in [0.1, 0.15) is 11.9 Å². The smallest absolute Gasteiger partial charge is 0.145 e. The first-order valence-corrected chi connectivity index (χ1v) is 7.08. The first-order chi connectivity index (χ1) is 9.26. The lowest BCUT2D eigenvalue weighted by Crippen LogP contribution is -2.20. The number of nitrogens with one attached hydrogen (secondary N) is 1. The van der Waals surface area contributed by atoms with E-state index in [1.54, 1.807) is 23.5 Å². The molecular weight excluding hydrogens is 259 g/mol. The quantitative estimate of drug-likeness (QED) is 0.894. The zero-order valence-electron chi connectivity index (χ0n) is 10.7. The van der Waals surface area contributed by atoms with Gasteiger partial charge in [-0.2, -0.15) is 5.26 Å². The van der Waals surface area contributed by atoms with Crippen molar-refractivity contribution in [1.29, 1.82) is 5.26 Å². The Labute approximate surface area is 116 Å². The molecule has 1 aromatic carbocycles. The lowest BCUT2D eigenvalue weighted by atomic mass is 10.1. The fourth-order valence-corrected chi connectivity index (χ4v) is 2.86. The number of nitriles is 1. The van der Waals surface area contributed by atoms with Crippen LogP contribution >= 0.6 is 11.3 Å². The van der Waals surface area contributed by atoms with Gasteiger partial charge in [-0.1, -0.05) is 25.1 Å². The van der Waals surface area contributed by atoms with E-state index >= 15 is 0 Å². The van der Waals surface area contributed by atoms with E-state index in [9.17, 15) is 4.39 Å². The highest BCUT2D eigenvalue weighted by Crippen LogP contribution is 2.22. The van der Waals surface area contributed by atoms with E-state index in [1.165, 1.54) is 10.9 Å². The summed E-state index contributed by atoms with van der Waals surface area (Å²) in [5.74, 6) is -0.418. The van der Waals surface area contributed by atoms with E-state index in [-0.39, 0.29) is 11.6 Å². The highest BCUT2D eigenvalue weighted by Gasteiger charge is 2.12. The average molecular weight is 274 g/mol. The van der Waals surface area contributed by atoms with Gasteiger partial charge in [-0.15, -0.1) is 11.3 Å². The molecular formula is C15H15FN2S. The highest BCUT2D eigenvalue weighted by atomic mass is 32.1. The Morgan fingerprint density at radius 2 is 2.21 bits per heavy atom. The summed E-state index contributed by atoms with van der Waals surface area (Å²) in [6, 6.07) is 11.1. The maximum Gasteiger partial charge on any atom is 0.145 e. The molecule has 1 aromatic heterocycles. The van der Waals surface area contributed by atoms with E-state index in [0.717, 1.165) is 6.42 Å². The molecule has 1 N–H and O–H groups in total. The molecule has 0 saturated heterocycles. The van der Waals surface area contributed by atoms with Crippen LogP contribution in [0.5, 0.6) is 0 Å². The maximum atomic E-state index is 13.9. The summed E-state index contributed by atoms with van der Waals surface area (Å²) in [4.78, 5) is 1.25. The highest BCUT2D eigenvalue weighted by molar-refractivity contribution is 7.10. The van der Waals surface area contributed by atoms with Crippen LogP contribution in [0.2, 0.25) is 0 Å². The van der Waals surface area contributed by atoms with Gasteiger partial charge < -0.3 is 5.32 Å². The third kappa shape index (κ3) is 3.19. The normalized spacial score (nSPS) is 12.1. The molecule has 0 aliphatic carbocycles. The molecule has 0 aliphatic rings. The number of thiophene rings is 1. The first-order valence-electron chi connectivity index (χ1n) is 6.20. The van der Waals surface area contributed by atoms with Gasteiger partial charge in [0.25, 0.3) is 0 Å². The van der Waals surface area contributed by atoms with Crippen molar-refractivity contribution >= 4 is 11.3 Å².